The molecule has 0 nitrogen and oxygen atoms in total. The predicted octanol–water partition coefficient (Wildman–Crippen LogP) is 7.57. The van der Waals surface area contributed by atoms with Crippen LogP contribution < -0.4 is 24.8 Å². The van der Waals surface area contributed by atoms with Gasteiger partial charge in [-0.05, 0) is 0 Å². The van der Waals surface area contributed by atoms with Gasteiger partial charge in [0.2, 0.25) is 0 Å². The second-order valence-corrected chi connectivity index (χ2v) is 26.8. The van der Waals surface area contributed by atoms with Crippen molar-refractivity contribution >= 4 is 14.4 Å². The Kier molecular flexibility index (Phi) is 10.5. The summed E-state index contributed by atoms with van der Waals surface area (Å²) in [5.41, 5.74) is 18.4. The fourth-order valence-corrected chi connectivity index (χ4v) is 18.4. The number of fused-ring (bicyclic) bond motifs is 5. The van der Waals surface area contributed by atoms with Crippen LogP contribution in [-0.4, -0.2) is 3.21 Å². The van der Waals surface area contributed by atoms with Crippen molar-refractivity contribution in [3.8, 4) is 11.1 Å². The molecule has 3 heteroatoms. The zero-order valence-corrected chi connectivity index (χ0v) is 38.4. The molecule has 4 aliphatic carbocycles. The monoisotopic (exact) mass is 808 g/mol. The topological polar surface area (TPSA) is 0 Å². The molecule has 0 amide bonds. The van der Waals surface area contributed by atoms with Crippen LogP contribution in [0.1, 0.15) is 146 Å². The number of rotatable bonds is 3. The van der Waals surface area contributed by atoms with Gasteiger partial charge in [-0.25, -0.2) is 0 Å². The summed E-state index contributed by atoms with van der Waals surface area (Å²) in [4.78, 5) is 0. The minimum absolute atomic E-state index is 0. The van der Waals surface area contributed by atoms with Crippen molar-refractivity contribution in [1.29, 1.82) is 0 Å². The van der Waals surface area contributed by atoms with Crippen LogP contribution in [0.15, 0.2) is 87.8 Å². The molecule has 0 radical (unpaired) electrons. The summed E-state index contributed by atoms with van der Waals surface area (Å²) in [6, 6.07) is 22.1. The minimum Gasteiger partial charge on any atom is -1.00 e. The molecule has 1 unspecified atom stereocenters. The molecular formula is C49H60Cl2Zr. The third-order valence-corrected chi connectivity index (χ3v) is 20.8. The van der Waals surface area contributed by atoms with Crippen molar-refractivity contribution in [2.75, 3.05) is 0 Å². The largest absolute Gasteiger partial charge is 1.00 e. The second kappa shape index (κ2) is 13.3. The maximum absolute atomic E-state index is 2.72. The Balaban J connectivity index is 0.00000261. The number of halogens is 2. The van der Waals surface area contributed by atoms with Gasteiger partial charge in [-0.1, -0.05) is 0 Å². The smallest absolute Gasteiger partial charge is 1.00 e. The summed E-state index contributed by atoms with van der Waals surface area (Å²) in [6.45, 7) is 36.2. The van der Waals surface area contributed by atoms with Gasteiger partial charge in [-0.15, -0.1) is 0 Å². The van der Waals surface area contributed by atoms with E-state index >= 15 is 0 Å². The maximum atomic E-state index is 2.71. The normalized spacial score (nSPS) is 20.0. The van der Waals surface area contributed by atoms with Crippen LogP contribution in [0, 0.1) is 22.2 Å². The fourth-order valence-electron chi connectivity index (χ4n) is 9.38. The first-order valence-corrected chi connectivity index (χ1v) is 22.9. The Morgan fingerprint density at radius 3 is 1.44 bits per heavy atom. The number of benzene rings is 3. The van der Waals surface area contributed by atoms with Gasteiger partial charge in [0.25, 0.3) is 0 Å². The van der Waals surface area contributed by atoms with Gasteiger partial charge in [0.15, 0.2) is 0 Å². The van der Waals surface area contributed by atoms with Crippen LogP contribution in [-0.2, 0) is 32.1 Å². The van der Waals surface area contributed by atoms with Crippen molar-refractivity contribution in [1.82, 2.24) is 0 Å². The Hall–Kier alpha value is -2.05. The Morgan fingerprint density at radius 2 is 1.06 bits per heavy atom. The van der Waals surface area contributed by atoms with Crippen LogP contribution in [0.4, 0.5) is 0 Å². The Bertz CT molecular complexity index is 2010. The summed E-state index contributed by atoms with van der Waals surface area (Å²) in [7, 11) is 0. The quantitative estimate of drug-likeness (QED) is 0.256. The van der Waals surface area contributed by atoms with Crippen molar-refractivity contribution in [3.63, 3.8) is 0 Å². The molecule has 0 aromatic heterocycles. The molecule has 0 aliphatic heterocycles. The summed E-state index contributed by atoms with van der Waals surface area (Å²) in [5, 5.41) is 0. The number of hydrogen-bond acceptors (Lipinski definition) is 0. The third kappa shape index (κ3) is 6.66. The van der Waals surface area contributed by atoms with Gasteiger partial charge in [-0.3, -0.25) is 0 Å². The van der Waals surface area contributed by atoms with Crippen molar-refractivity contribution < 1.29 is 46.1 Å². The third-order valence-electron chi connectivity index (χ3n) is 12.2. The maximum Gasteiger partial charge on any atom is -1.00 e. The molecule has 0 spiro atoms. The first kappa shape index (κ1) is 41.1. The summed E-state index contributed by atoms with van der Waals surface area (Å²) >= 11 is -2.72. The van der Waals surface area contributed by atoms with Gasteiger partial charge in [-0.2, -0.15) is 0 Å². The molecule has 3 aromatic rings. The molecule has 274 valence electrons. The van der Waals surface area contributed by atoms with Crippen molar-refractivity contribution in [2.24, 2.45) is 22.2 Å². The fraction of sp³-hybridized carbons (Fsp3) is 0.449. The van der Waals surface area contributed by atoms with E-state index in [0.29, 0.717) is 9.54 Å². The van der Waals surface area contributed by atoms with E-state index in [1.165, 1.54) is 55.7 Å². The molecule has 0 bridgehead atoms. The molecule has 0 heterocycles. The molecular weight excluding hydrogens is 751 g/mol. The van der Waals surface area contributed by atoms with Gasteiger partial charge in [0, 0.05) is 0 Å². The van der Waals surface area contributed by atoms with Gasteiger partial charge >= 0.3 is 314 Å². The SMILES string of the molecule is C/[C](c1ccccc1)=[Zr+2](/[C]1=CC(C(C)(C)C)=CC1C)[CH]1c2cc3c(cc2-c2cc4c(cc21)C(C)(C)C=C4C(C)(C)C)C(C(C)(C)C)=CC3(C)C.[Cl-].[Cl-]. The van der Waals surface area contributed by atoms with Crippen molar-refractivity contribution in [3.05, 3.63) is 127 Å². The van der Waals surface area contributed by atoms with E-state index in [9.17, 15) is 0 Å². The van der Waals surface area contributed by atoms with Crippen LogP contribution in [0.2, 0.25) is 0 Å². The molecule has 1 atom stereocenters. The predicted molar refractivity (Wildman–Crippen MR) is 216 cm³/mol. The minimum atomic E-state index is -2.72. The van der Waals surface area contributed by atoms with Crippen molar-refractivity contribution in [2.45, 2.75) is 118 Å². The molecule has 52 heavy (non-hydrogen) atoms. The van der Waals surface area contributed by atoms with Gasteiger partial charge < -0.3 is 24.8 Å². The molecule has 4 aliphatic rings. The van der Waals surface area contributed by atoms with E-state index in [4.69, 9.17) is 0 Å². The van der Waals surface area contributed by atoms with E-state index in [-0.39, 0.29) is 51.9 Å². The van der Waals surface area contributed by atoms with E-state index in [0.717, 1.165) is 0 Å². The van der Waals surface area contributed by atoms with E-state index in [1.54, 1.807) is 17.6 Å². The van der Waals surface area contributed by atoms with Crippen LogP contribution in [0.3, 0.4) is 0 Å². The molecule has 0 N–H and O–H groups in total. The summed E-state index contributed by atoms with van der Waals surface area (Å²) in [5.74, 6) is 0.463. The number of allylic oxidation sites excluding steroid dienone is 8. The Morgan fingerprint density at radius 1 is 0.615 bits per heavy atom. The van der Waals surface area contributed by atoms with Gasteiger partial charge in [0.1, 0.15) is 0 Å². The van der Waals surface area contributed by atoms with E-state index < -0.39 is 21.3 Å². The standard InChI is InChI=1S/C31H37.C10H15.C8H8.2ClH.Zr/c1-28(2,3)26-16-30(7,8)24-12-18-11-19-13-25-23(15-21(19)20(18)14-22(24)26)27(29(4,5)6)17-31(25,9)10;1-8-5-6-9(7-8)10(2,3)4;1-2-8-6-4-3-5-7-8;;;/h11-17H,1-10H3;6-8H,1-4H3;3-7H,1H3;2*1H;/q;;;;;+2/p-2. The first-order chi connectivity index (χ1) is 23.0. The van der Waals surface area contributed by atoms with Crippen LogP contribution in [0.5, 0.6) is 0 Å². The average molecular weight is 811 g/mol. The first-order valence-electron chi connectivity index (χ1n) is 19.1. The zero-order valence-electron chi connectivity index (χ0n) is 34.4. The van der Waals surface area contributed by atoms with E-state index in [2.05, 4.69) is 183 Å². The summed E-state index contributed by atoms with van der Waals surface area (Å²) < 4.78 is 3.84. The molecule has 0 saturated heterocycles. The summed E-state index contributed by atoms with van der Waals surface area (Å²) in [6.07, 6.45) is 10.4. The van der Waals surface area contributed by atoms with E-state index in [1.807, 2.05) is 0 Å². The molecule has 0 fully saturated rings. The Labute approximate surface area is 336 Å². The molecule has 7 rings (SSSR count). The zero-order chi connectivity index (χ0) is 36.5. The average Bonchev–Trinajstić information content (AvgIpc) is 3.70. The van der Waals surface area contributed by atoms with Crippen LogP contribution >= 0.6 is 0 Å². The van der Waals surface area contributed by atoms with Gasteiger partial charge in [0.05, 0.1) is 0 Å². The molecule has 3 aromatic carbocycles. The van der Waals surface area contributed by atoms with Crippen LogP contribution in [0.25, 0.3) is 22.3 Å². The molecule has 0 saturated carbocycles. The second-order valence-electron chi connectivity index (χ2n) is 20.1. The number of hydrogen-bond donors (Lipinski definition) is 0.